The van der Waals surface area contributed by atoms with Gasteiger partial charge in [0.2, 0.25) is 0 Å². The summed E-state index contributed by atoms with van der Waals surface area (Å²) in [7, 11) is 0. The topological polar surface area (TPSA) is 38.3 Å². The first-order chi connectivity index (χ1) is 9.44. The fourth-order valence-electron chi connectivity index (χ4n) is 1.74. The lowest BCUT2D eigenvalue weighted by atomic mass is 10.1. The van der Waals surface area contributed by atoms with Crippen molar-refractivity contribution in [2.75, 3.05) is 13.2 Å². The van der Waals surface area contributed by atoms with Crippen LogP contribution in [0, 0.1) is 0 Å². The van der Waals surface area contributed by atoms with Gasteiger partial charge in [-0.15, -0.1) is 0 Å². The third-order valence-corrected chi connectivity index (χ3v) is 2.64. The summed E-state index contributed by atoms with van der Waals surface area (Å²) in [5.41, 5.74) is 0.679. The molecule has 0 saturated carbocycles. The van der Waals surface area contributed by atoms with Crippen LogP contribution in [0.3, 0.4) is 0 Å². The molecular formula is C14H18F3NO2. The van der Waals surface area contributed by atoms with Crippen molar-refractivity contribution in [3.63, 3.8) is 0 Å². The molecule has 3 nitrogen and oxygen atoms in total. The lowest BCUT2D eigenvalue weighted by Crippen LogP contribution is -2.31. The Morgan fingerprint density at radius 1 is 1.30 bits per heavy atom. The third-order valence-electron chi connectivity index (χ3n) is 2.64. The highest BCUT2D eigenvalue weighted by Crippen LogP contribution is 2.21. The van der Waals surface area contributed by atoms with Crippen molar-refractivity contribution in [2.45, 2.75) is 32.0 Å². The Morgan fingerprint density at radius 3 is 2.50 bits per heavy atom. The molecule has 0 heterocycles. The van der Waals surface area contributed by atoms with Crippen molar-refractivity contribution < 1.29 is 22.7 Å². The Bertz CT molecular complexity index is 407. The maximum atomic E-state index is 12.1. The van der Waals surface area contributed by atoms with Crippen LogP contribution in [0.25, 0.3) is 0 Å². The van der Waals surface area contributed by atoms with Gasteiger partial charge < -0.3 is 10.1 Å². The lowest BCUT2D eigenvalue weighted by molar-refractivity contribution is -0.146. The lowest BCUT2D eigenvalue weighted by Gasteiger charge is -2.18. The molecule has 1 atom stereocenters. The molecule has 0 saturated heterocycles. The second kappa shape index (κ2) is 7.89. The van der Waals surface area contributed by atoms with Gasteiger partial charge in [0.1, 0.15) is 6.04 Å². The van der Waals surface area contributed by atoms with Crippen molar-refractivity contribution in [2.24, 2.45) is 0 Å². The Balaban J connectivity index is 2.58. The van der Waals surface area contributed by atoms with E-state index in [-0.39, 0.29) is 19.6 Å². The molecule has 0 aliphatic heterocycles. The fraction of sp³-hybridized carbons (Fsp3) is 0.500. The highest BCUT2D eigenvalue weighted by atomic mass is 19.4. The maximum Gasteiger partial charge on any atom is 0.389 e. The van der Waals surface area contributed by atoms with E-state index in [0.29, 0.717) is 5.56 Å². The molecule has 0 amide bonds. The van der Waals surface area contributed by atoms with Crippen molar-refractivity contribution >= 4 is 5.97 Å². The number of hydrogen-bond acceptors (Lipinski definition) is 3. The van der Waals surface area contributed by atoms with Gasteiger partial charge in [-0.3, -0.25) is 0 Å². The van der Waals surface area contributed by atoms with Crippen LogP contribution in [-0.4, -0.2) is 25.3 Å². The van der Waals surface area contributed by atoms with E-state index in [1.165, 1.54) is 0 Å². The Kier molecular flexibility index (Phi) is 6.51. The SMILES string of the molecule is CCOC(=O)C(NCCCC(F)(F)F)c1ccccc1. The van der Waals surface area contributed by atoms with Crippen LogP contribution in [0.5, 0.6) is 0 Å². The summed E-state index contributed by atoms with van der Waals surface area (Å²) in [4.78, 5) is 11.8. The minimum atomic E-state index is -4.17. The highest BCUT2D eigenvalue weighted by Gasteiger charge is 2.27. The first-order valence-corrected chi connectivity index (χ1v) is 6.45. The van der Waals surface area contributed by atoms with E-state index in [1.807, 2.05) is 0 Å². The van der Waals surface area contributed by atoms with E-state index in [0.717, 1.165) is 0 Å². The number of halogens is 3. The zero-order valence-corrected chi connectivity index (χ0v) is 11.2. The number of hydrogen-bond donors (Lipinski definition) is 1. The van der Waals surface area contributed by atoms with E-state index in [9.17, 15) is 18.0 Å². The van der Waals surface area contributed by atoms with Crippen molar-refractivity contribution in [3.8, 4) is 0 Å². The number of esters is 1. The van der Waals surface area contributed by atoms with Crippen molar-refractivity contribution in [1.29, 1.82) is 0 Å². The standard InChI is InChI=1S/C14H18F3NO2/c1-2-20-13(19)12(11-7-4-3-5-8-11)18-10-6-9-14(15,16)17/h3-5,7-8,12,18H,2,6,9-10H2,1H3. The van der Waals surface area contributed by atoms with E-state index in [1.54, 1.807) is 37.3 Å². The van der Waals surface area contributed by atoms with E-state index >= 15 is 0 Å². The number of nitrogens with one attached hydrogen (secondary N) is 1. The largest absolute Gasteiger partial charge is 0.465 e. The van der Waals surface area contributed by atoms with Crippen LogP contribution in [0.2, 0.25) is 0 Å². The first kappa shape index (κ1) is 16.5. The molecule has 0 aliphatic rings. The number of alkyl halides is 3. The average Bonchev–Trinajstić information content (AvgIpc) is 2.38. The molecule has 1 rings (SSSR count). The summed E-state index contributed by atoms with van der Waals surface area (Å²) in [6.07, 6.45) is -5.12. The molecule has 0 bridgehead atoms. The van der Waals surface area contributed by atoms with Gasteiger partial charge in [-0.25, -0.2) is 4.79 Å². The van der Waals surface area contributed by atoms with E-state index in [4.69, 9.17) is 4.74 Å². The average molecular weight is 289 g/mol. The van der Waals surface area contributed by atoms with Gasteiger partial charge >= 0.3 is 12.1 Å². The van der Waals surface area contributed by atoms with Gasteiger partial charge in [-0.2, -0.15) is 13.2 Å². The predicted octanol–water partition coefficient (Wildman–Crippen LogP) is 3.22. The second-order valence-electron chi connectivity index (χ2n) is 4.27. The molecule has 0 fully saturated rings. The van der Waals surface area contributed by atoms with Crippen LogP contribution in [0.15, 0.2) is 30.3 Å². The van der Waals surface area contributed by atoms with Crippen LogP contribution in [0.4, 0.5) is 13.2 Å². The number of carbonyl (C=O) groups excluding carboxylic acids is 1. The van der Waals surface area contributed by atoms with Gasteiger partial charge in [0.15, 0.2) is 0 Å². The molecule has 1 N–H and O–H groups in total. The van der Waals surface area contributed by atoms with Gasteiger partial charge in [0.25, 0.3) is 0 Å². The van der Waals surface area contributed by atoms with Gasteiger partial charge in [-0.05, 0) is 25.5 Å². The maximum absolute atomic E-state index is 12.1. The fourth-order valence-corrected chi connectivity index (χ4v) is 1.74. The molecule has 1 unspecified atom stereocenters. The molecule has 0 aromatic heterocycles. The minimum absolute atomic E-state index is 0.0771. The molecule has 1 aromatic rings. The quantitative estimate of drug-likeness (QED) is 0.618. The zero-order chi connectivity index (χ0) is 15.0. The molecule has 0 radical (unpaired) electrons. The monoisotopic (exact) mass is 289 g/mol. The molecule has 1 aromatic carbocycles. The van der Waals surface area contributed by atoms with Crippen molar-refractivity contribution in [1.82, 2.24) is 5.32 Å². The van der Waals surface area contributed by atoms with Crippen LogP contribution in [-0.2, 0) is 9.53 Å². The van der Waals surface area contributed by atoms with Gasteiger partial charge in [0.05, 0.1) is 6.61 Å². The van der Waals surface area contributed by atoms with E-state index < -0.39 is 24.6 Å². The van der Waals surface area contributed by atoms with Gasteiger partial charge in [-0.1, -0.05) is 30.3 Å². The summed E-state index contributed by atoms with van der Waals surface area (Å²) >= 11 is 0. The molecular weight excluding hydrogens is 271 g/mol. The Morgan fingerprint density at radius 2 is 1.95 bits per heavy atom. The minimum Gasteiger partial charge on any atom is -0.465 e. The number of carbonyl (C=O) groups is 1. The summed E-state index contributed by atoms with van der Waals surface area (Å²) in [6.45, 7) is 2.01. The molecule has 112 valence electrons. The first-order valence-electron chi connectivity index (χ1n) is 6.45. The third kappa shape index (κ3) is 6.06. The molecule has 0 spiro atoms. The van der Waals surface area contributed by atoms with Crippen molar-refractivity contribution in [3.05, 3.63) is 35.9 Å². The highest BCUT2D eigenvalue weighted by molar-refractivity contribution is 5.77. The predicted molar refractivity (Wildman–Crippen MR) is 69.1 cm³/mol. The second-order valence-corrected chi connectivity index (χ2v) is 4.27. The zero-order valence-electron chi connectivity index (χ0n) is 11.2. The smallest absolute Gasteiger partial charge is 0.389 e. The van der Waals surface area contributed by atoms with Gasteiger partial charge in [0, 0.05) is 6.42 Å². The summed E-state index contributed by atoms with van der Waals surface area (Å²) < 4.78 is 41.1. The van der Waals surface area contributed by atoms with Crippen LogP contribution >= 0.6 is 0 Å². The molecule has 20 heavy (non-hydrogen) atoms. The molecule has 0 aliphatic carbocycles. The van der Waals surface area contributed by atoms with Crippen LogP contribution in [0.1, 0.15) is 31.4 Å². The summed E-state index contributed by atoms with van der Waals surface area (Å²) in [5.74, 6) is -0.481. The molecule has 6 heteroatoms. The van der Waals surface area contributed by atoms with Crippen LogP contribution < -0.4 is 5.32 Å². The Hall–Kier alpha value is -1.56. The number of benzene rings is 1. The normalized spacial score (nSPS) is 13.0. The summed E-state index contributed by atoms with van der Waals surface area (Å²) in [5, 5.41) is 2.82. The Labute approximate surface area is 116 Å². The van der Waals surface area contributed by atoms with E-state index in [2.05, 4.69) is 5.32 Å². The summed E-state index contributed by atoms with van der Waals surface area (Å²) in [6, 6.07) is 8.06. The number of ether oxygens (including phenoxy) is 1. The number of rotatable bonds is 7.